The van der Waals surface area contributed by atoms with Crippen molar-refractivity contribution in [3.8, 4) is 5.75 Å². The Morgan fingerprint density at radius 3 is 2.50 bits per heavy atom. The number of rotatable bonds is 8. The van der Waals surface area contributed by atoms with Crippen LogP contribution in [0, 0.1) is 16.6 Å². The molecular weight excluding hydrogens is 483 g/mol. The molecule has 34 heavy (non-hydrogen) atoms. The Balaban J connectivity index is 1.80. The van der Waals surface area contributed by atoms with Crippen LogP contribution in [0.2, 0.25) is 10.0 Å². The van der Waals surface area contributed by atoms with Gasteiger partial charge < -0.3 is 15.4 Å². The van der Waals surface area contributed by atoms with E-state index in [4.69, 9.17) is 39.1 Å². The Hall–Kier alpha value is -2.97. The summed E-state index contributed by atoms with van der Waals surface area (Å²) in [5.41, 5.74) is 7.19. The Kier molecular flexibility index (Phi) is 7.94. The van der Waals surface area contributed by atoms with Crippen LogP contribution in [0.3, 0.4) is 0 Å². The van der Waals surface area contributed by atoms with Gasteiger partial charge in [-0.1, -0.05) is 43.1 Å². The minimum atomic E-state index is -0.700. The summed E-state index contributed by atoms with van der Waals surface area (Å²) in [6.07, 6.45) is 6.29. The van der Waals surface area contributed by atoms with Gasteiger partial charge in [0.1, 0.15) is 12.9 Å². The first-order chi connectivity index (χ1) is 16.1. The third kappa shape index (κ3) is 5.74. The van der Waals surface area contributed by atoms with E-state index in [9.17, 15) is 8.78 Å². The lowest BCUT2D eigenvalue weighted by Crippen LogP contribution is -2.51. The second kappa shape index (κ2) is 10.5. The molecule has 0 unspecified atom stereocenters. The molecule has 3 rings (SSSR count). The number of likely N-dealkylation sites (tertiary alicyclic amines) is 1. The van der Waals surface area contributed by atoms with Gasteiger partial charge in [-0.2, -0.15) is 0 Å². The van der Waals surface area contributed by atoms with Crippen molar-refractivity contribution in [2.24, 2.45) is 10.4 Å². The van der Waals surface area contributed by atoms with Gasteiger partial charge in [0.15, 0.2) is 17.4 Å². The van der Waals surface area contributed by atoms with Crippen LogP contribution in [-0.2, 0) is 6.61 Å². The molecule has 1 fully saturated rings. The summed E-state index contributed by atoms with van der Waals surface area (Å²) in [6, 6.07) is 2.41. The second-order valence-corrected chi connectivity index (χ2v) is 9.42. The van der Waals surface area contributed by atoms with E-state index in [2.05, 4.69) is 23.8 Å². The molecule has 0 amide bonds. The fourth-order valence-corrected chi connectivity index (χ4v) is 4.00. The third-order valence-corrected chi connectivity index (χ3v) is 5.94. The van der Waals surface area contributed by atoms with Crippen LogP contribution in [0.25, 0.3) is 0 Å². The highest BCUT2D eigenvalue weighted by molar-refractivity contribution is 6.35. The highest BCUT2D eigenvalue weighted by Crippen LogP contribution is 2.33. The standard InChI is InChI=1S/C24H25Cl2F2N5O/c1-4-14(8-32-22(7-27)33-12-24(2,3)13-33)23(30)15-5-21(19(28)6-20(15)29)34-11-16-17(25)9-31-10-18(16)26/h4-10,30H,11-13,29H2,1-3H3/b14-4+,22-7-,30-23?,32-8-. The lowest BCUT2D eigenvalue weighted by molar-refractivity contribution is 0.0617. The van der Waals surface area contributed by atoms with Gasteiger partial charge in [-0.05, 0) is 18.4 Å². The first-order valence-corrected chi connectivity index (χ1v) is 11.2. The van der Waals surface area contributed by atoms with E-state index in [1.165, 1.54) is 24.7 Å². The number of ether oxygens (including phenoxy) is 1. The van der Waals surface area contributed by atoms with Gasteiger partial charge in [0.25, 0.3) is 0 Å². The number of allylic oxidation sites excluding steroid dienone is 2. The van der Waals surface area contributed by atoms with Gasteiger partial charge in [0.2, 0.25) is 0 Å². The van der Waals surface area contributed by atoms with Gasteiger partial charge in [0, 0.05) is 60.2 Å². The molecule has 0 aliphatic carbocycles. The molecular formula is C24H25Cl2F2N5O. The lowest BCUT2D eigenvalue weighted by atomic mass is 9.84. The predicted molar refractivity (Wildman–Crippen MR) is 133 cm³/mol. The van der Waals surface area contributed by atoms with Crippen molar-refractivity contribution in [1.29, 1.82) is 5.41 Å². The molecule has 1 aromatic carbocycles. The average Bonchev–Trinajstić information content (AvgIpc) is 2.76. The van der Waals surface area contributed by atoms with Crippen molar-refractivity contribution < 1.29 is 13.5 Å². The van der Waals surface area contributed by atoms with E-state index in [1.807, 2.05) is 0 Å². The zero-order valence-electron chi connectivity index (χ0n) is 19.0. The van der Waals surface area contributed by atoms with Crippen LogP contribution in [-0.4, -0.2) is 34.9 Å². The molecule has 0 saturated carbocycles. The molecule has 2 heterocycles. The summed E-state index contributed by atoms with van der Waals surface area (Å²) in [5, 5.41) is 9.16. The van der Waals surface area contributed by atoms with E-state index in [-0.39, 0.29) is 50.6 Å². The summed E-state index contributed by atoms with van der Waals surface area (Å²) in [5.74, 6) is -0.653. The van der Waals surface area contributed by atoms with Crippen molar-refractivity contribution in [3.63, 3.8) is 0 Å². The van der Waals surface area contributed by atoms with Gasteiger partial charge in [0.05, 0.1) is 15.8 Å². The molecule has 1 saturated heterocycles. The van der Waals surface area contributed by atoms with E-state index >= 15 is 0 Å². The van der Waals surface area contributed by atoms with E-state index in [0.29, 0.717) is 30.6 Å². The minimum Gasteiger partial charge on any atom is -0.486 e. The van der Waals surface area contributed by atoms with Crippen LogP contribution < -0.4 is 10.5 Å². The highest BCUT2D eigenvalue weighted by atomic mass is 35.5. The average molecular weight is 508 g/mol. The number of nitrogens with zero attached hydrogens (tertiary/aromatic N) is 3. The van der Waals surface area contributed by atoms with Crippen molar-refractivity contribution >= 4 is 40.8 Å². The van der Waals surface area contributed by atoms with Gasteiger partial charge in [-0.25, -0.2) is 13.8 Å². The highest BCUT2D eigenvalue weighted by Gasteiger charge is 2.35. The summed E-state index contributed by atoms with van der Waals surface area (Å²) in [7, 11) is 0. The fourth-order valence-electron chi connectivity index (χ4n) is 3.52. The molecule has 6 nitrogen and oxygen atoms in total. The van der Waals surface area contributed by atoms with Crippen molar-refractivity contribution in [2.45, 2.75) is 27.4 Å². The van der Waals surface area contributed by atoms with Gasteiger partial charge in [-0.3, -0.25) is 10.4 Å². The number of anilines is 1. The number of nitrogen functional groups attached to an aromatic ring is 1. The number of pyridine rings is 1. The number of hydrogen-bond donors (Lipinski definition) is 2. The maximum atomic E-state index is 14.5. The van der Waals surface area contributed by atoms with Gasteiger partial charge >= 0.3 is 0 Å². The lowest BCUT2D eigenvalue weighted by Gasteiger charge is -2.46. The van der Waals surface area contributed by atoms with E-state index < -0.39 is 5.82 Å². The number of aromatic nitrogens is 1. The smallest absolute Gasteiger partial charge is 0.167 e. The summed E-state index contributed by atoms with van der Waals surface area (Å²) in [4.78, 5) is 9.89. The van der Waals surface area contributed by atoms with Crippen molar-refractivity contribution in [2.75, 3.05) is 18.8 Å². The maximum absolute atomic E-state index is 14.5. The van der Waals surface area contributed by atoms with Crippen molar-refractivity contribution in [1.82, 2.24) is 9.88 Å². The zero-order valence-corrected chi connectivity index (χ0v) is 20.5. The first-order valence-electron chi connectivity index (χ1n) is 10.4. The molecule has 0 spiro atoms. The molecule has 0 atom stereocenters. The SMILES string of the molecule is C\C=C(/C=N\C(=C\F)N1CC(C)(C)C1)C(=N)c1cc(OCc2c(Cl)cncc2Cl)c(F)cc1N. The van der Waals surface area contributed by atoms with Crippen molar-refractivity contribution in [3.05, 3.63) is 75.3 Å². The minimum absolute atomic E-state index is 0.0178. The number of aliphatic imine (C=N–C) groups is 1. The van der Waals surface area contributed by atoms with Gasteiger partial charge in [-0.15, -0.1) is 0 Å². The summed E-state index contributed by atoms with van der Waals surface area (Å²) >= 11 is 12.2. The summed E-state index contributed by atoms with van der Waals surface area (Å²) in [6.45, 7) is 7.14. The molecule has 180 valence electrons. The number of hydrogen-bond acceptors (Lipinski definition) is 6. The number of nitrogens with one attached hydrogen (secondary N) is 1. The number of halogens is 4. The third-order valence-electron chi connectivity index (χ3n) is 5.29. The molecule has 1 aromatic heterocycles. The molecule has 10 heteroatoms. The maximum Gasteiger partial charge on any atom is 0.167 e. The molecule has 0 bridgehead atoms. The Morgan fingerprint density at radius 2 is 1.94 bits per heavy atom. The van der Waals surface area contributed by atoms with Crippen LogP contribution in [0.1, 0.15) is 31.9 Å². The Morgan fingerprint density at radius 1 is 1.29 bits per heavy atom. The topological polar surface area (TPSA) is 87.6 Å². The molecule has 0 radical (unpaired) electrons. The van der Waals surface area contributed by atoms with E-state index in [1.54, 1.807) is 17.9 Å². The molecule has 2 aromatic rings. The number of benzene rings is 1. The molecule has 3 N–H and O–H groups in total. The first kappa shape index (κ1) is 25.6. The van der Waals surface area contributed by atoms with Crippen LogP contribution >= 0.6 is 23.2 Å². The predicted octanol–water partition coefficient (Wildman–Crippen LogP) is 6.18. The largest absolute Gasteiger partial charge is 0.486 e. The van der Waals surface area contributed by atoms with Crippen LogP contribution in [0.4, 0.5) is 14.5 Å². The fraction of sp³-hybridized carbons (Fsp3) is 0.292. The monoisotopic (exact) mass is 507 g/mol. The Bertz CT molecular complexity index is 1170. The number of nitrogens with two attached hydrogens (primary N) is 1. The Labute approximate surface area is 207 Å². The van der Waals surface area contributed by atoms with Crippen LogP contribution in [0.5, 0.6) is 5.75 Å². The zero-order chi connectivity index (χ0) is 25.0. The quantitative estimate of drug-likeness (QED) is 0.329. The second-order valence-electron chi connectivity index (χ2n) is 8.61. The van der Waals surface area contributed by atoms with E-state index in [0.717, 1.165) is 6.07 Å². The normalized spacial score (nSPS) is 16.0. The summed E-state index contributed by atoms with van der Waals surface area (Å²) < 4.78 is 33.5. The molecule has 1 aliphatic heterocycles. The van der Waals surface area contributed by atoms with Crippen LogP contribution in [0.15, 0.2) is 53.3 Å². The molecule has 1 aliphatic rings.